The summed E-state index contributed by atoms with van der Waals surface area (Å²) in [5, 5.41) is 12.3. The molecule has 5 heterocycles. The summed E-state index contributed by atoms with van der Waals surface area (Å²) in [4.78, 5) is 49.2. The molecular weight excluding hydrogens is 721 g/mol. The Labute approximate surface area is 338 Å². The Balaban J connectivity index is 1.33. The highest BCUT2D eigenvalue weighted by atomic mass is 16.6. The number of amides is 1. The first-order valence-electron chi connectivity index (χ1n) is 21.4. The van der Waals surface area contributed by atoms with Gasteiger partial charge in [-0.2, -0.15) is 0 Å². The molecule has 3 aliphatic carbocycles. The van der Waals surface area contributed by atoms with Crippen molar-refractivity contribution in [3.63, 3.8) is 0 Å². The zero-order chi connectivity index (χ0) is 40.7. The van der Waals surface area contributed by atoms with Gasteiger partial charge in [-0.1, -0.05) is 29.4 Å². The number of fused-ring (bicyclic) bond motifs is 2. The van der Waals surface area contributed by atoms with Gasteiger partial charge in [0.2, 0.25) is 5.91 Å². The Bertz CT molecular complexity index is 1970. The van der Waals surface area contributed by atoms with Gasteiger partial charge in [0, 0.05) is 61.6 Å². The van der Waals surface area contributed by atoms with Gasteiger partial charge >= 0.3 is 0 Å². The predicted molar refractivity (Wildman–Crippen MR) is 219 cm³/mol. The summed E-state index contributed by atoms with van der Waals surface area (Å²) in [7, 11) is 0. The molecule has 10 heteroatoms. The van der Waals surface area contributed by atoms with E-state index in [4.69, 9.17) is 18.9 Å². The van der Waals surface area contributed by atoms with Gasteiger partial charge in [0.25, 0.3) is 0 Å². The number of hydrogen-bond donors (Lipinski definition) is 1. The number of aromatic hydroxyl groups is 1. The van der Waals surface area contributed by atoms with Gasteiger partial charge < -0.3 is 29.0 Å². The normalized spacial score (nSPS) is 33.8. The number of benzene rings is 1. The van der Waals surface area contributed by atoms with Crippen LogP contribution in [-0.2, 0) is 25.5 Å². The summed E-state index contributed by atoms with van der Waals surface area (Å²) in [5.41, 5.74) is -0.287. The number of morpholine rings is 1. The largest absolute Gasteiger partial charge is 0.506 e. The quantitative estimate of drug-likeness (QED) is 0.200. The molecule has 1 aromatic rings. The Morgan fingerprint density at radius 1 is 0.912 bits per heavy atom. The van der Waals surface area contributed by atoms with Crippen molar-refractivity contribution in [1.82, 2.24) is 9.80 Å². The highest BCUT2D eigenvalue weighted by Crippen LogP contribution is 2.71. The lowest BCUT2D eigenvalue weighted by molar-refractivity contribution is -0.216. The first-order chi connectivity index (χ1) is 27.0. The number of hydrogen-bond acceptors (Lipinski definition) is 9. The topological polar surface area (TPSA) is 115 Å². The smallest absolute Gasteiger partial charge is 0.249 e. The van der Waals surface area contributed by atoms with Gasteiger partial charge in [-0.3, -0.25) is 19.3 Å². The number of ketones is 2. The fraction of sp³-hybridized carbons (Fsp3) is 0.638. The summed E-state index contributed by atoms with van der Waals surface area (Å²) in [6.07, 6.45) is 15.7. The minimum atomic E-state index is -1.55. The van der Waals surface area contributed by atoms with Crippen molar-refractivity contribution >= 4 is 23.5 Å². The summed E-state index contributed by atoms with van der Waals surface area (Å²) in [6.45, 7) is 19.7. The van der Waals surface area contributed by atoms with Crippen LogP contribution in [0.25, 0.3) is 6.08 Å². The van der Waals surface area contributed by atoms with Crippen LogP contribution in [0, 0.1) is 17.8 Å². The Morgan fingerprint density at radius 3 is 2.30 bits per heavy atom. The average Bonchev–Trinajstić information content (AvgIpc) is 3.32. The molecule has 0 radical (unpaired) electrons. The third kappa shape index (κ3) is 6.26. The van der Waals surface area contributed by atoms with Crippen LogP contribution >= 0.6 is 0 Å². The van der Waals surface area contributed by atoms with E-state index < -0.39 is 40.3 Å². The summed E-state index contributed by atoms with van der Waals surface area (Å²) in [6, 6.07) is -0.467. The maximum absolute atomic E-state index is 15.8. The number of phenolic OH excluding ortho intramolecular Hbond substituents is 1. The number of phenols is 1. The SMILES string of the molecule is CC(C)=CCCC1(C)C=Cc2c(O)c3c(c(CC=C(C)C)c2O1)OC12C(C3=O)C(N3CCOCC3)C3CC1C(C)(C)OC2(CC=C(C)C(=O)N1CCCCC1)C3=O. The van der Waals surface area contributed by atoms with Crippen LogP contribution in [0.4, 0.5) is 0 Å². The fourth-order valence-electron chi connectivity index (χ4n) is 11.5. The second-order valence-electron chi connectivity index (χ2n) is 18.9. The molecule has 5 aliphatic heterocycles. The molecule has 1 amide bonds. The summed E-state index contributed by atoms with van der Waals surface area (Å²) >= 11 is 0. The van der Waals surface area contributed by atoms with E-state index in [1.54, 1.807) is 0 Å². The van der Waals surface area contributed by atoms with E-state index in [1.807, 2.05) is 64.7 Å². The van der Waals surface area contributed by atoms with Gasteiger partial charge in [-0.05, 0) is 112 Å². The van der Waals surface area contributed by atoms with E-state index in [1.165, 1.54) is 5.57 Å². The highest BCUT2D eigenvalue weighted by molar-refractivity contribution is 6.10. The first kappa shape index (κ1) is 40.1. The number of ether oxygens (including phenoxy) is 4. The molecule has 1 aromatic carbocycles. The van der Waals surface area contributed by atoms with Crippen LogP contribution in [0.5, 0.6) is 17.2 Å². The van der Waals surface area contributed by atoms with Crippen LogP contribution < -0.4 is 9.47 Å². The number of piperidine rings is 1. The summed E-state index contributed by atoms with van der Waals surface area (Å²) < 4.78 is 27.5. The zero-order valence-corrected chi connectivity index (χ0v) is 35.3. The van der Waals surface area contributed by atoms with Crippen LogP contribution in [0.3, 0.4) is 0 Å². The minimum Gasteiger partial charge on any atom is -0.506 e. The van der Waals surface area contributed by atoms with Gasteiger partial charge in [0.15, 0.2) is 22.8 Å². The van der Waals surface area contributed by atoms with Crippen molar-refractivity contribution in [3.05, 3.63) is 57.7 Å². The van der Waals surface area contributed by atoms with Gasteiger partial charge in [0.1, 0.15) is 28.4 Å². The van der Waals surface area contributed by atoms with Crippen LogP contribution in [0.2, 0.25) is 0 Å². The third-order valence-corrected chi connectivity index (χ3v) is 14.2. The van der Waals surface area contributed by atoms with E-state index in [2.05, 4.69) is 30.9 Å². The van der Waals surface area contributed by atoms with Crippen molar-refractivity contribution in [2.24, 2.45) is 17.8 Å². The molecule has 10 nitrogen and oxygen atoms in total. The summed E-state index contributed by atoms with van der Waals surface area (Å²) in [5.74, 6) is -1.35. The molecule has 57 heavy (non-hydrogen) atoms. The molecule has 3 saturated carbocycles. The second kappa shape index (κ2) is 14.5. The molecule has 0 aromatic heterocycles. The van der Waals surface area contributed by atoms with Gasteiger partial charge in [0.05, 0.1) is 30.3 Å². The van der Waals surface area contributed by atoms with Crippen molar-refractivity contribution in [3.8, 4) is 17.2 Å². The number of carbonyl (C=O) groups is 3. The molecule has 3 saturated heterocycles. The standard InChI is InChI=1S/C47H62N2O8/c1-28(2)13-12-18-45(8)19-17-31-38(50)35-39(51)36-37(48-23-25-54-26-24-48)33-27-34-44(6,7)57-46(42(33)52,20-16-30(5)43(53)49-21-10-9-11-22-49)47(34,36)56-41(35)32(40(31)55-45)15-14-29(3)4/h13-14,16-17,19,33-34,36-37,50H,9-12,15,18,20-27H2,1-8H3. The molecule has 7 unspecified atom stereocenters. The Kier molecular flexibility index (Phi) is 10.2. The van der Waals surface area contributed by atoms with Crippen molar-refractivity contribution in [2.75, 3.05) is 39.4 Å². The molecule has 4 bridgehead atoms. The molecule has 1 N–H and O–H groups in total. The first-order valence-corrected chi connectivity index (χ1v) is 21.4. The fourth-order valence-corrected chi connectivity index (χ4v) is 11.5. The molecule has 6 fully saturated rings. The number of rotatable bonds is 9. The maximum atomic E-state index is 15.8. The average molecular weight is 783 g/mol. The molecule has 8 aliphatic rings. The monoisotopic (exact) mass is 782 g/mol. The van der Waals surface area contributed by atoms with Crippen LogP contribution in [0.15, 0.2) is 41.0 Å². The van der Waals surface area contributed by atoms with E-state index in [-0.39, 0.29) is 46.9 Å². The second-order valence-corrected chi connectivity index (χ2v) is 18.9. The lowest BCUT2D eigenvalue weighted by atomic mass is 9.44. The lowest BCUT2D eigenvalue weighted by Crippen LogP contribution is -2.82. The Morgan fingerprint density at radius 2 is 1.61 bits per heavy atom. The Hall–Kier alpha value is -3.73. The van der Waals surface area contributed by atoms with Crippen LogP contribution in [0.1, 0.15) is 122 Å². The van der Waals surface area contributed by atoms with Gasteiger partial charge in [-0.15, -0.1) is 0 Å². The highest BCUT2D eigenvalue weighted by Gasteiger charge is 2.86. The maximum Gasteiger partial charge on any atom is 0.249 e. The van der Waals surface area contributed by atoms with Gasteiger partial charge in [-0.25, -0.2) is 0 Å². The van der Waals surface area contributed by atoms with E-state index in [0.29, 0.717) is 68.0 Å². The lowest BCUT2D eigenvalue weighted by Gasteiger charge is -2.64. The molecular formula is C47H62N2O8. The molecule has 308 valence electrons. The minimum absolute atomic E-state index is 0.0297. The molecule has 9 rings (SSSR count). The number of likely N-dealkylation sites (tertiary alicyclic amines) is 1. The molecule has 7 atom stereocenters. The van der Waals surface area contributed by atoms with E-state index >= 15 is 9.59 Å². The number of Topliss-reactive ketones (excluding diaryl/α,β-unsaturated/α-hetero) is 2. The zero-order valence-electron chi connectivity index (χ0n) is 35.3. The van der Waals surface area contributed by atoms with E-state index in [9.17, 15) is 9.90 Å². The number of allylic oxidation sites excluding steroid dienone is 4. The number of nitrogens with zero attached hydrogens (tertiary/aromatic N) is 2. The van der Waals surface area contributed by atoms with Crippen molar-refractivity contribution in [2.45, 2.75) is 135 Å². The third-order valence-electron chi connectivity index (χ3n) is 14.2. The number of carbonyl (C=O) groups excluding carboxylic acids is 3. The van der Waals surface area contributed by atoms with E-state index in [0.717, 1.165) is 44.3 Å². The molecule has 1 spiro atoms. The van der Waals surface area contributed by atoms with Crippen molar-refractivity contribution < 1.29 is 38.4 Å². The van der Waals surface area contributed by atoms with Crippen LogP contribution in [-0.4, -0.2) is 100 Å². The predicted octanol–water partition coefficient (Wildman–Crippen LogP) is 7.56. The van der Waals surface area contributed by atoms with Crippen molar-refractivity contribution in [1.29, 1.82) is 0 Å².